The fourth-order valence-electron chi connectivity index (χ4n) is 3.08. The number of imidazole rings is 1. The van der Waals surface area contributed by atoms with E-state index in [0.29, 0.717) is 18.5 Å². The van der Waals surface area contributed by atoms with Crippen molar-refractivity contribution in [1.29, 1.82) is 0 Å². The zero-order valence-corrected chi connectivity index (χ0v) is 14.4. The third kappa shape index (κ3) is 2.82. The first kappa shape index (κ1) is 15.3. The number of fused-ring (bicyclic) bond motifs is 1. The Morgan fingerprint density at radius 2 is 2.00 bits per heavy atom. The lowest BCUT2D eigenvalue weighted by Gasteiger charge is -2.18. The minimum Gasteiger partial charge on any atom is -0.339 e. The first-order chi connectivity index (χ1) is 11.6. The fourth-order valence-corrected chi connectivity index (χ4v) is 3.08. The summed E-state index contributed by atoms with van der Waals surface area (Å²) in [7, 11) is 0. The monoisotopic (exact) mass is 325 g/mol. The van der Waals surface area contributed by atoms with Gasteiger partial charge in [-0.25, -0.2) is 4.98 Å². The van der Waals surface area contributed by atoms with Gasteiger partial charge in [-0.05, 0) is 45.7 Å². The molecule has 1 aliphatic carbocycles. The van der Waals surface area contributed by atoms with Crippen molar-refractivity contribution in [2.75, 3.05) is 0 Å². The summed E-state index contributed by atoms with van der Waals surface area (Å²) in [5, 5.41) is 7.54. The van der Waals surface area contributed by atoms with E-state index in [0.717, 1.165) is 23.1 Å². The van der Waals surface area contributed by atoms with Gasteiger partial charge in [0.1, 0.15) is 5.82 Å². The molecule has 4 rings (SSSR count). The maximum absolute atomic E-state index is 5.31. The molecule has 1 unspecified atom stereocenters. The molecule has 2 heterocycles. The molecule has 1 atom stereocenters. The van der Waals surface area contributed by atoms with Crippen molar-refractivity contribution in [2.24, 2.45) is 0 Å². The molecule has 6 nitrogen and oxygen atoms in total. The van der Waals surface area contributed by atoms with Crippen LogP contribution in [-0.2, 0) is 6.54 Å². The lowest BCUT2D eigenvalue weighted by molar-refractivity contribution is 0.370. The second-order valence-electron chi connectivity index (χ2n) is 6.85. The number of nitrogens with one attached hydrogen (secondary N) is 1. The largest absolute Gasteiger partial charge is 0.339 e. The summed E-state index contributed by atoms with van der Waals surface area (Å²) in [4.78, 5) is 9.30. The Labute approximate surface area is 141 Å². The first-order valence-electron chi connectivity index (χ1n) is 8.66. The standard InChI is InChI=1S/C18H23N5O/c1-11(2)23-15-7-5-4-6-14(15)20-17(23)12(3)19-10-16-21-18(24-22-16)13-8-9-13/h4-7,11-13,19H,8-10H2,1-3H3. The number of rotatable bonds is 6. The minimum absolute atomic E-state index is 0.0997. The van der Waals surface area contributed by atoms with Crippen LogP contribution in [0.15, 0.2) is 28.8 Å². The third-order valence-corrected chi connectivity index (χ3v) is 4.50. The molecule has 1 N–H and O–H groups in total. The van der Waals surface area contributed by atoms with E-state index < -0.39 is 0 Å². The molecule has 0 saturated heterocycles. The van der Waals surface area contributed by atoms with Gasteiger partial charge in [-0.15, -0.1) is 0 Å². The van der Waals surface area contributed by atoms with Gasteiger partial charge in [0, 0.05) is 12.0 Å². The van der Waals surface area contributed by atoms with Gasteiger partial charge in [-0.1, -0.05) is 17.3 Å². The predicted octanol–water partition coefficient (Wildman–Crippen LogP) is 3.73. The SMILES string of the molecule is CC(NCc1noc(C2CC2)n1)c1nc2ccccc2n1C(C)C. The first-order valence-corrected chi connectivity index (χ1v) is 8.66. The van der Waals surface area contributed by atoms with Gasteiger partial charge in [-0.2, -0.15) is 4.98 Å². The fraction of sp³-hybridized carbons (Fsp3) is 0.500. The summed E-state index contributed by atoms with van der Waals surface area (Å²) in [6.07, 6.45) is 2.34. The topological polar surface area (TPSA) is 68.8 Å². The lowest BCUT2D eigenvalue weighted by atomic mass is 10.2. The van der Waals surface area contributed by atoms with Crippen LogP contribution in [-0.4, -0.2) is 19.7 Å². The van der Waals surface area contributed by atoms with Crippen molar-refractivity contribution < 1.29 is 4.52 Å². The summed E-state index contributed by atoms with van der Waals surface area (Å²) in [6.45, 7) is 7.08. The summed E-state index contributed by atoms with van der Waals surface area (Å²) in [5.41, 5.74) is 2.21. The average Bonchev–Trinajstić information content (AvgIpc) is 3.18. The van der Waals surface area contributed by atoms with Crippen LogP contribution in [0.2, 0.25) is 0 Å². The highest BCUT2D eigenvalue weighted by atomic mass is 16.5. The number of hydrogen-bond donors (Lipinski definition) is 1. The van der Waals surface area contributed by atoms with Crippen LogP contribution >= 0.6 is 0 Å². The molecular formula is C18H23N5O. The summed E-state index contributed by atoms with van der Waals surface area (Å²) >= 11 is 0. The highest BCUT2D eigenvalue weighted by Crippen LogP contribution is 2.38. The van der Waals surface area contributed by atoms with Crippen LogP contribution in [0.25, 0.3) is 11.0 Å². The van der Waals surface area contributed by atoms with E-state index in [1.165, 1.54) is 18.4 Å². The van der Waals surface area contributed by atoms with E-state index in [-0.39, 0.29) is 6.04 Å². The Morgan fingerprint density at radius 1 is 1.21 bits per heavy atom. The average molecular weight is 325 g/mol. The molecule has 24 heavy (non-hydrogen) atoms. The maximum Gasteiger partial charge on any atom is 0.229 e. The van der Waals surface area contributed by atoms with Crippen LogP contribution in [0.4, 0.5) is 0 Å². The minimum atomic E-state index is 0.0997. The second-order valence-corrected chi connectivity index (χ2v) is 6.85. The smallest absolute Gasteiger partial charge is 0.229 e. The maximum atomic E-state index is 5.31. The van der Waals surface area contributed by atoms with Gasteiger partial charge in [0.15, 0.2) is 5.82 Å². The van der Waals surface area contributed by atoms with Gasteiger partial charge in [0.25, 0.3) is 0 Å². The number of para-hydroxylation sites is 2. The van der Waals surface area contributed by atoms with E-state index in [4.69, 9.17) is 9.51 Å². The van der Waals surface area contributed by atoms with Crippen molar-refractivity contribution in [3.05, 3.63) is 41.8 Å². The van der Waals surface area contributed by atoms with Crippen LogP contribution in [0, 0.1) is 0 Å². The molecule has 0 aliphatic heterocycles. The molecule has 3 aromatic rings. The zero-order chi connectivity index (χ0) is 16.7. The number of benzene rings is 1. The molecule has 0 bridgehead atoms. The van der Waals surface area contributed by atoms with Crippen molar-refractivity contribution in [1.82, 2.24) is 25.0 Å². The Bertz CT molecular complexity index is 846. The Kier molecular flexibility index (Phi) is 3.84. The van der Waals surface area contributed by atoms with Crippen molar-refractivity contribution >= 4 is 11.0 Å². The van der Waals surface area contributed by atoms with E-state index in [1.807, 2.05) is 6.07 Å². The number of aromatic nitrogens is 4. The molecule has 0 radical (unpaired) electrons. The normalized spacial score (nSPS) is 16.2. The molecule has 1 saturated carbocycles. The quantitative estimate of drug-likeness (QED) is 0.748. The van der Waals surface area contributed by atoms with Crippen LogP contribution in [0.1, 0.15) is 69.2 Å². The van der Waals surface area contributed by atoms with Gasteiger partial charge < -0.3 is 14.4 Å². The number of hydrogen-bond acceptors (Lipinski definition) is 5. The molecule has 2 aromatic heterocycles. The zero-order valence-electron chi connectivity index (χ0n) is 14.4. The summed E-state index contributed by atoms with van der Waals surface area (Å²) in [5.74, 6) is 3.04. The van der Waals surface area contributed by atoms with Gasteiger partial charge in [-0.3, -0.25) is 0 Å². The molecule has 0 amide bonds. The predicted molar refractivity (Wildman–Crippen MR) is 91.6 cm³/mol. The van der Waals surface area contributed by atoms with Gasteiger partial charge in [0.2, 0.25) is 5.89 Å². The summed E-state index contributed by atoms with van der Waals surface area (Å²) < 4.78 is 7.61. The van der Waals surface area contributed by atoms with Crippen molar-refractivity contribution in [3.8, 4) is 0 Å². The third-order valence-electron chi connectivity index (χ3n) is 4.50. The molecule has 1 aliphatic rings. The Hall–Kier alpha value is -2.21. The van der Waals surface area contributed by atoms with Crippen LogP contribution in [0.5, 0.6) is 0 Å². The molecular weight excluding hydrogens is 302 g/mol. The summed E-state index contributed by atoms with van der Waals surface area (Å²) in [6, 6.07) is 8.72. The molecule has 6 heteroatoms. The highest BCUT2D eigenvalue weighted by molar-refractivity contribution is 5.76. The molecule has 1 fully saturated rings. The van der Waals surface area contributed by atoms with Crippen molar-refractivity contribution in [2.45, 2.75) is 58.2 Å². The van der Waals surface area contributed by atoms with E-state index >= 15 is 0 Å². The Balaban J connectivity index is 1.53. The molecule has 1 aromatic carbocycles. The van der Waals surface area contributed by atoms with Gasteiger partial charge >= 0.3 is 0 Å². The van der Waals surface area contributed by atoms with E-state index in [1.54, 1.807) is 0 Å². The van der Waals surface area contributed by atoms with Crippen molar-refractivity contribution in [3.63, 3.8) is 0 Å². The molecule has 126 valence electrons. The Morgan fingerprint density at radius 3 is 2.75 bits per heavy atom. The number of nitrogens with zero attached hydrogens (tertiary/aromatic N) is 4. The van der Waals surface area contributed by atoms with E-state index in [2.05, 4.69) is 59.0 Å². The second kappa shape index (κ2) is 6.02. The van der Waals surface area contributed by atoms with Gasteiger partial charge in [0.05, 0.1) is 23.6 Å². The van der Waals surface area contributed by atoms with E-state index in [9.17, 15) is 0 Å². The highest BCUT2D eigenvalue weighted by Gasteiger charge is 2.29. The van der Waals surface area contributed by atoms with Crippen LogP contribution in [0.3, 0.4) is 0 Å². The van der Waals surface area contributed by atoms with Crippen LogP contribution < -0.4 is 5.32 Å². The molecule has 0 spiro atoms. The lowest BCUT2D eigenvalue weighted by Crippen LogP contribution is -2.23.